The summed E-state index contributed by atoms with van der Waals surface area (Å²) >= 11 is 1.78. The number of nitrogens with one attached hydrogen (secondary N) is 1. The summed E-state index contributed by atoms with van der Waals surface area (Å²) < 4.78 is 0. The summed E-state index contributed by atoms with van der Waals surface area (Å²) in [7, 11) is 2.06. The molecule has 1 aliphatic rings. The maximum Gasteiger partial charge on any atom is 0.0897 e. The molecule has 1 saturated carbocycles. The van der Waals surface area contributed by atoms with E-state index in [1.807, 2.05) is 0 Å². The van der Waals surface area contributed by atoms with Crippen molar-refractivity contribution in [2.45, 2.75) is 39.0 Å². The summed E-state index contributed by atoms with van der Waals surface area (Å²) in [5, 5.41) is 6.78. The Hall–Kier alpha value is -0.410. The molecule has 1 heterocycles. The van der Waals surface area contributed by atoms with Gasteiger partial charge in [-0.25, -0.2) is 4.98 Å². The minimum Gasteiger partial charge on any atom is -0.319 e. The summed E-state index contributed by atoms with van der Waals surface area (Å²) in [6, 6.07) is 0. The van der Waals surface area contributed by atoms with Gasteiger partial charge in [0.25, 0.3) is 0 Å². The molecule has 0 amide bonds. The van der Waals surface area contributed by atoms with Crippen LogP contribution in [0.3, 0.4) is 0 Å². The third-order valence-corrected chi connectivity index (χ3v) is 4.49. The Morgan fingerprint density at radius 3 is 2.81 bits per heavy atom. The number of nitrogens with zero attached hydrogens (tertiary/aromatic N) is 1. The van der Waals surface area contributed by atoms with Crippen LogP contribution in [0.5, 0.6) is 0 Å². The quantitative estimate of drug-likeness (QED) is 0.853. The molecule has 0 radical (unpaired) electrons. The maximum atomic E-state index is 4.59. The molecule has 0 saturated heterocycles. The Morgan fingerprint density at radius 2 is 2.25 bits per heavy atom. The molecule has 3 heteroatoms. The molecule has 1 N–H and O–H groups in total. The lowest BCUT2D eigenvalue weighted by Crippen LogP contribution is -2.26. The van der Waals surface area contributed by atoms with Gasteiger partial charge < -0.3 is 5.32 Å². The van der Waals surface area contributed by atoms with E-state index in [0.717, 1.165) is 24.8 Å². The standard InChI is InChI=1S/C13H22N2S/c1-10-15-13(9-16-10)7-12(8-14-2)11-5-3-4-6-11/h9,11-12,14H,3-8H2,1-2H3. The monoisotopic (exact) mass is 238 g/mol. The van der Waals surface area contributed by atoms with Gasteiger partial charge in [-0.2, -0.15) is 0 Å². The number of hydrogen-bond donors (Lipinski definition) is 1. The van der Waals surface area contributed by atoms with Gasteiger partial charge in [-0.1, -0.05) is 25.7 Å². The van der Waals surface area contributed by atoms with Crippen LogP contribution >= 0.6 is 11.3 Å². The predicted molar refractivity (Wildman–Crippen MR) is 69.9 cm³/mol. The average molecular weight is 238 g/mol. The van der Waals surface area contributed by atoms with Gasteiger partial charge in [-0.15, -0.1) is 11.3 Å². The SMILES string of the molecule is CNCC(Cc1csc(C)n1)C1CCCC1. The zero-order chi connectivity index (χ0) is 11.4. The number of thiazole rings is 1. The number of aryl methyl sites for hydroxylation is 1. The molecule has 16 heavy (non-hydrogen) atoms. The minimum atomic E-state index is 0.786. The molecule has 1 unspecified atom stereocenters. The molecule has 1 atom stereocenters. The highest BCUT2D eigenvalue weighted by atomic mass is 32.1. The third kappa shape index (κ3) is 3.05. The summed E-state index contributed by atoms with van der Waals surface area (Å²) in [5.41, 5.74) is 1.30. The molecule has 1 aromatic rings. The molecule has 2 rings (SSSR count). The van der Waals surface area contributed by atoms with Gasteiger partial charge in [0.05, 0.1) is 10.7 Å². The van der Waals surface area contributed by atoms with Crippen LogP contribution in [0.1, 0.15) is 36.4 Å². The summed E-state index contributed by atoms with van der Waals surface area (Å²) in [4.78, 5) is 4.59. The maximum absolute atomic E-state index is 4.59. The molecular formula is C13H22N2S. The Balaban J connectivity index is 1.96. The van der Waals surface area contributed by atoms with Crippen LogP contribution in [0.25, 0.3) is 0 Å². The van der Waals surface area contributed by atoms with Crippen molar-refractivity contribution < 1.29 is 0 Å². The highest BCUT2D eigenvalue weighted by molar-refractivity contribution is 7.09. The van der Waals surface area contributed by atoms with Crippen LogP contribution < -0.4 is 5.32 Å². The van der Waals surface area contributed by atoms with E-state index < -0.39 is 0 Å². The van der Waals surface area contributed by atoms with Gasteiger partial charge in [0.1, 0.15) is 0 Å². The molecule has 0 aromatic carbocycles. The zero-order valence-corrected chi connectivity index (χ0v) is 11.1. The van der Waals surface area contributed by atoms with Crippen molar-refractivity contribution in [2.24, 2.45) is 11.8 Å². The lowest BCUT2D eigenvalue weighted by molar-refractivity contribution is 0.326. The molecule has 1 aromatic heterocycles. The summed E-state index contributed by atoms with van der Waals surface area (Å²) in [6.45, 7) is 3.23. The molecular weight excluding hydrogens is 216 g/mol. The Labute approximate surface area is 102 Å². The smallest absolute Gasteiger partial charge is 0.0897 e. The van der Waals surface area contributed by atoms with E-state index in [0.29, 0.717) is 0 Å². The number of hydrogen-bond acceptors (Lipinski definition) is 3. The topological polar surface area (TPSA) is 24.9 Å². The summed E-state index contributed by atoms with van der Waals surface area (Å²) in [6.07, 6.45) is 6.88. The van der Waals surface area contributed by atoms with Crippen molar-refractivity contribution in [3.05, 3.63) is 16.1 Å². The molecule has 1 aliphatic carbocycles. The van der Waals surface area contributed by atoms with Gasteiger partial charge in [0.15, 0.2) is 0 Å². The number of aromatic nitrogens is 1. The van der Waals surface area contributed by atoms with Crippen LogP contribution in [0.4, 0.5) is 0 Å². The van der Waals surface area contributed by atoms with E-state index in [-0.39, 0.29) is 0 Å². The van der Waals surface area contributed by atoms with Crippen LogP contribution in [-0.4, -0.2) is 18.6 Å². The van der Waals surface area contributed by atoms with E-state index in [1.165, 1.54) is 36.4 Å². The zero-order valence-electron chi connectivity index (χ0n) is 10.3. The molecule has 2 nitrogen and oxygen atoms in total. The first-order chi connectivity index (χ1) is 7.79. The third-order valence-electron chi connectivity index (χ3n) is 3.67. The van der Waals surface area contributed by atoms with E-state index in [9.17, 15) is 0 Å². The van der Waals surface area contributed by atoms with E-state index in [4.69, 9.17) is 0 Å². The van der Waals surface area contributed by atoms with Crippen molar-refractivity contribution in [1.82, 2.24) is 10.3 Å². The van der Waals surface area contributed by atoms with Crippen molar-refractivity contribution in [2.75, 3.05) is 13.6 Å². The minimum absolute atomic E-state index is 0.786. The van der Waals surface area contributed by atoms with Crippen LogP contribution in [-0.2, 0) is 6.42 Å². The molecule has 0 aliphatic heterocycles. The fourth-order valence-electron chi connectivity index (χ4n) is 2.87. The molecule has 0 spiro atoms. The first-order valence-corrected chi connectivity index (χ1v) is 7.23. The van der Waals surface area contributed by atoms with E-state index >= 15 is 0 Å². The van der Waals surface area contributed by atoms with E-state index in [1.54, 1.807) is 11.3 Å². The van der Waals surface area contributed by atoms with Crippen molar-refractivity contribution in [1.29, 1.82) is 0 Å². The largest absolute Gasteiger partial charge is 0.319 e. The Bertz CT molecular complexity index is 315. The van der Waals surface area contributed by atoms with Gasteiger partial charge in [-0.05, 0) is 38.8 Å². The Kier molecular flexibility index (Phi) is 4.36. The second-order valence-corrected chi connectivity index (χ2v) is 5.99. The second-order valence-electron chi connectivity index (χ2n) is 4.92. The van der Waals surface area contributed by atoms with Crippen LogP contribution in [0.2, 0.25) is 0 Å². The number of rotatable bonds is 5. The fourth-order valence-corrected chi connectivity index (χ4v) is 3.49. The molecule has 0 bridgehead atoms. The normalized spacial score (nSPS) is 19.1. The fraction of sp³-hybridized carbons (Fsp3) is 0.769. The summed E-state index contributed by atoms with van der Waals surface area (Å²) in [5.74, 6) is 1.71. The highest BCUT2D eigenvalue weighted by Crippen LogP contribution is 2.33. The van der Waals surface area contributed by atoms with Gasteiger partial charge in [0.2, 0.25) is 0 Å². The van der Waals surface area contributed by atoms with Crippen molar-refractivity contribution in [3.8, 4) is 0 Å². The van der Waals surface area contributed by atoms with Crippen molar-refractivity contribution >= 4 is 11.3 Å². The van der Waals surface area contributed by atoms with Gasteiger partial charge in [-0.3, -0.25) is 0 Å². The lowest BCUT2D eigenvalue weighted by atomic mass is 9.87. The molecule has 1 fully saturated rings. The highest BCUT2D eigenvalue weighted by Gasteiger charge is 2.25. The van der Waals surface area contributed by atoms with Gasteiger partial charge >= 0.3 is 0 Å². The van der Waals surface area contributed by atoms with Crippen LogP contribution in [0, 0.1) is 18.8 Å². The Morgan fingerprint density at radius 1 is 1.50 bits per heavy atom. The van der Waals surface area contributed by atoms with Crippen LogP contribution in [0.15, 0.2) is 5.38 Å². The first-order valence-electron chi connectivity index (χ1n) is 6.35. The van der Waals surface area contributed by atoms with Crippen molar-refractivity contribution in [3.63, 3.8) is 0 Å². The first kappa shape index (κ1) is 12.1. The average Bonchev–Trinajstić information content (AvgIpc) is 2.88. The van der Waals surface area contributed by atoms with E-state index in [2.05, 4.69) is 29.7 Å². The predicted octanol–water partition coefficient (Wildman–Crippen LogP) is 3.02. The lowest BCUT2D eigenvalue weighted by Gasteiger charge is -2.22. The second kappa shape index (κ2) is 5.78. The molecule has 90 valence electrons. The van der Waals surface area contributed by atoms with Gasteiger partial charge in [0, 0.05) is 5.38 Å².